The molecule has 0 aliphatic rings. The van der Waals surface area contributed by atoms with Crippen LogP contribution in [0.1, 0.15) is 22.3 Å². The molecule has 0 spiro atoms. The Balaban J connectivity index is 0.000000147. The van der Waals surface area contributed by atoms with Gasteiger partial charge in [0.05, 0.1) is 5.58 Å². The van der Waals surface area contributed by atoms with Crippen LogP contribution in [0.2, 0.25) is 0 Å². The molecule has 0 aliphatic carbocycles. The predicted octanol–water partition coefficient (Wildman–Crippen LogP) is 8.31. The number of rotatable bonds is 1. The van der Waals surface area contributed by atoms with E-state index in [0.717, 1.165) is 44.1 Å². The molecule has 0 aliphatic heterocycles. The summed E-state index contributed by atoms with van der Waals surface area (Å²) in [5.74, 6) is 0. The summed E-state index contributed by atoms with van der Waals surface area (Å²) < 4.78 is 5.94. The van der Waals surface area contributed by atoms with Crippen LogP contribution in [-0.2, 0) is 20.1 Å². The van der Waals surface area contributed by atoms with Gasteiger partial charge in [0.1, 0.15) is 5.58 Å². The number of benzene rings is 4. The van der Waals surface area contributed by atoms with Crippen LogP contribution in [0.15, 0.2) is 77.5 Å². The van der Waals surface area contributed by atoms with Crippen LogP contribution in [0.5, 0.6) is 0 Å². The number of hydrogen-bond acceptors (Lipinski definition) is 3. The summed E-state index contributed by atoms with van der Waals surface area (Å²) in [7, 11) is 0. The van der Waals surface area contributed by atoms with Crippen LogP contribution >= 0.6 is 0 Å². The Morgan fingerprint density at radius 1 is 0.722 bits per heavy atom. The molecule has 0 N–H and O–H groups in total. The van der Waals surface area contributed by atoms with Gasteiger partial charge in [-0.2, -0.15) is 0 Å². The molecule has 0 saturated heterocycles. The first-order valence-corrected chi connectivity index (χ1v) is 11.8. The average Bonchev–Trinajstić information content (AvgIpc) is 3.27. The molecule has 3 heterocycles. The first-order chi connectivity index (χ1) is 17.0. The van der Waals surface area contributed by atoms with Crippen molar-refractivity contribution in [2.24, 2.45) is 0 Å². The molecule has 4 heteroatoms. The Labute approximate surface area is 223 Å². The molecule has 0 amide bonds. The van der Waals surface area contributed by atoms with Crippen LogP contribution in [-0.4, -0.2) is 9.97 Å². The second-order valence-corrected chi connectivity index (χ2v) is 9.14. The van der Waals surface area contributed by atoms with E-state index in [1.54, 1.807) is 0 Å². The van der Waals surface area contributed by atoms with Crippen LogP contribution in [0.4, 0.5) is 0 Å². The molecule has 36 heavy (non-hydrogen) atoms. The first-order valence-electron chi connectivity index (χ1n) is 11.8. The topological polar surface area (TPSA) is 38.9 Å². The van der Waals surface area contributed by atoms with E-state index in [4.69, 9.17) is 4.42 Å². The fourth-order valence-corrected chi connectivity index (χ4v) is 4.63. The van der Waals surface area contributed by atoms with Gasteiger partial charge in [0.15, 0.2) is 0 Å². The smallest absolute Gasteiger partial charge is 0.124 e. The molecule has 0 unspecified atom stereocenters. The molecular weight excluding hydrogens is 621 g/mol. The summed E-state index contributed by atoms with van der Waals surface area (Å²) in [5, 5.41) is 5.73. The van der Waals surface area contributed by atoms with Crippen molar-refractivity contribution in [3.63, 3.8) is 0 Å². The quantitative estimate of drug-likeness (QED) is 0.133. The van der Waals surface area contributed by atoms with Gasteiger partial charge in [-0.1, -0.05) is 55.1 Å². The van der Waals surface area contributed by atoms with E-state index in [0.29, 0.717) is 0 Å². The van der Waals surface area contributed by atoms with Crippen molar-refractivity contribution in [3.05, 3.63) is 107 Å². The second-order valence-electron chi connectivity index (χ2n) is 9.14. The number of fused-ring (bicyclic) bond motifs is 3. The van der Waals surface area contributed by atoms with Gasteiger partial charge in [0.2, 0.25) is 0 Å². The number of aryl methyl sites for hydroxylation is 4. The Morgan fingerprint density at radius 2 is 1.50 bits per heavy atom. The van der Waals surface area contributed by atoms with E-state index in [-0.39, 0.29) is 20.1 Å². The van der Waals surface area contributed by atoms with Crippen molar-refractivity contribution in [1.29, 1.82) is 0 Å². The van der Waals surface area contributed by atoms with Gasteiger partial charge < -0.3 is 14.4 Å². The average molecular weight is 645 g/mol. The summed E-state index contributed by atoms with van der Waals surface area (Å²) in [4.78, 5) is 8.99. The number of furan rings is 1. The zero-order valence-electron chi connectivity index (χ0n) is 20.6. The number of aromatic nitrogens is 2. The van der Waals surface area contributed by atoms with Gasteiger partial charge >= 0.3 is 0 Å². The van der Waals surface area contributed by atoms with Gasteiger partial charge in [-0.25, -0.2) is 0 Å². The maximum Gasteiger partial charge on any atom is 0.124 e. The molecule has 0 atom stereocenters. The maximum atomic E-state index is 5.94. The normalized spacial score (nSPS) is 11.1. The van der Waals surface area contributed by atoms with Crippen LogP contribution in [0.3, 0.4) is 0 Å². The zero-order chi connectivity index (χ0) is 24.1. The SMILES string of the molecule is Cc1c[c-]c(-c2cc(C)c(C)cn2)cc1C.[Ir].[c-]1ccc2oc3cccc4c5cccnc5c1c2c34. The third-order valence-corrected chi connectivity index (χ3v) is 6.87. The van der Waals surface area contributed by atoms with Crippen LogP contribution in [0, 0.1) is 39.8 Å². The van der Waals surface area contributed by atoms with E-state index < -0.39 is 0 Å². The molecular formula is C32H24IrN2O-2. The zero-order valence-corrected chi connectivity index (χ0v) is 23.0. The first kappa shape index (κ1) is 24.1. The predicted molar refractivity (Wildman–Crippen MR) is 144 cm³/mol. The number of hydrogen-bond donors (Lipinski definition) is 0. The minimum absolute atomic E-state index is 0. The number of pyridine rings is 2. The van der Waals surface area contributed by atoms with E-state index in [2.05, 4.69) is 74.1 Å². The number of nitrogens with zero attached hydrogens (tertiary/aromatic N) is 2. The summed E-state index contributed by atoms with van der Waals surface area (Å²) in [5.41, 5.74) is 9.98. The van der Waals surface area contributed by atoms with Gasteiger partial charge in [0, 0.05) is 32.5 Å². The fourth-order valence-electron chi connectivity index (χ4n) is 4.63. The Kier molecular flexibility index (Phi) is 6.34. The van der Waals surface area contributed by atoms with E-state index in [9.17, 15) is 0 Å². The van der Waals surface area contributed by atoms with Crippen molar-refractivity contribution in [1.82, 2.24) is 9.97 Å². The standard InChI is InChI=1S/C17H8NO.C15H16N.Ir/c1-4-10-11-6-3-9-18-17(11)12-5-2-8-14-16(12)15(10)13(7-1)19-14;1-10-5-6-14(7-11(10)2)15-8-12(3)13(4)9-16-15;/h1-4,6-9H;5,7-9H,1-4H3;/q2*-1;. The van der Waals surface area contributed by atoms with Gasteiger partial charge in [-0.3, -0.25) is 0 Å². The van der Waals surface area contributed by atoms with Crippen LogP contribution in [0.25, 0.3) is 54.9 Å². The van der Waals surface area contributed by atoms with Crippen molar-refractivity contribution < 1.29 is 24.5 Å². The third-order valence-electron chi connectivity index (χ3n) is 6.87. The molecule has 1 radical (unpaired) electrons. The Morgan fingerprint density at radius 3 is 2.31 bits per heavy atom. The molecule has 7 rings (SSSR count). The molecule has 7 aromatic rings. The Hall–Kier alpha value is -3.59. The molecule has 0 fully saturated rings. The summed E-state index contributed by atoms with van der Waals surface area (Å²) in [6.07, 6.45) is 3.75. The second kappa shape index (κ2) is 9.46. The minimum Gasteiger partial charge on any atom is -0.476 e. The largest absolute Gasteiger partial charge is 0.476 e. The van der Waals surface area contributed by atoms with Gasteiger partial charge in [0.25, 0.3) is 0 Å². The van der Waals surface area contributed by atoms with Crippen molar-refractivity contribution >= 4 is 43.6 Å². The van der Waals surface area contributed by atoms with Crippen molar-refractivity contribution in [2.75, 3.05) is 0 Å². The third kappa shape index (κ3) is 3.97. The van der Waals surface area contributed by atoms with E-state index in [1.165, 1.54) is 33.0 Å². The fraction of sp³-hybridized carbons (Fsp3) is 0.125. The van der Waals surface area contributed by atoms with Gasteiger partial charge in [-0.15, -0.1) is 52.4 Å². The monoisotopic (exact) mass is 645 g/mol. The van der Waals surface area contributed by atoms with Crippen LogP contribution < -0.4 is 0 Å². The van der Waals surface area contributed by atoms with Gasteiger partial charge in [-0.05, 0) is 58.9 Å². The van der Waals surface area contributed by atoms with Crippen molar-refractivity contribution in [3.8, 4) is 11.3 Å². The molecule has 4 aromatic carbocycles. The molecule has 179 valence electrons. The molecule has 0 bridgehead atoms. The molecule has 3 nitrogen and oxygen atoms in total. The van der Waals surface area contributed by atoms with E-state index >= 15 is 0 Å². The maximum absolute atomic E-state index is 5.94. The summed E-state index contributed by atoms with van der Waals surface area (Å²) in [6, 6.07) is 27.0. The van der Waals surface area contributed by atoms with Crippen molar-refractivity contribution in [2.45, 2.75) is 27.7 Å². The Bertz CT molecular complexity index is 1720. The molecule has 0 saturated carbocycles. The minimum atomic E-state index is 0. The summed E-state index contributed by atoms with van der Waals surface area (Å²) >= 11 is 0. The molecule has 3 aromatic heterocycles. The van der Waals surface area contributed by atoms with E-state index in [1.807, 2.05) is 48.8 Å². The summed E-state index contributed by atoms with van der Waals surface area (Å²) in [6.45, 7) is 8.41.